The van der Waals surface area contributed by atoms with Crippen LogP contribution in [0.5, 0.6) is 0 Å². The molecule has 0 unspecified atom stereocenters. The lowest BCUT2D eigenvalue weighted by Crippen LogP contribution is -2.02. The van der Waals surface area contributed by atoms with Gasteiger partial charge in [0.1, 0.15) is 11.4 Å². The van der Waals surface area contributed by atoms with Gasteiger partial charge in [-0.25, -0.2) is 0 Å². The van der Waals surface area contributed by atoms with Crippen LogP contribution in [0.2, 0.25) is 0 Å². The first kappa shape index (κ1) is 15.3. The third kappa shape index (κ3) is 3.12. The molecule has 0 amide bonds. The highest BCUT2D eigenvalue weighted by atomic mass is 16.6. The Morgan fingerprint density at radius 2 is 2.21 bits per heavy atom. The van der Waals surface area contributed by atoms with E-state index in [1.165, 1.54) is 6.07 Å². The smallest absolute Gasteiger partial charge is 0.293 e. The zero-order valence-corrected chi connectivity index (χ0v) is 12.5. The predicted octanol–water partition coefficient (Wildman–Crippen LogP) is 3.30. The average molecular weight is 323 g/mol. The maximum atomic E-state index is 11.3. The van der Waals surface area contributed by atoms with Gasteiger partial charge in [-0.15, -0.1) is 6.58 Å². The Morgan fingerprint density at radius 3 is 2.92 bits per heavy atom. The van der Waals surface area contributed by atoms with E-state index in [1.54, 1.807) is 36.5 Å². The Bertz CT molecular complexity index is 876. The van der Waals surface area contributed by atoms with Crippen LogP contribution in [-0.4, -0.2) is 26.6 Å². The number of nitro benzene ring substituents is 1. The van der Waals surface area contributed by atoms with E-state index in [1.807, 2.05) is 6.07 Å². The SMILES string of the molecule is C=CCNc1ccc(-c2nc(-c3ccccn3)no2)cc1[N+](=O)[O-]. The molecule has 0 fully saturated rings. The molecule has 120 valence electrons. The van der Waals surface area contributed by atoms with Crippen molar-refractivity contribution in [3.8, 4) is 23.0 Å². The van der Waals surface area contributed by atoms with Crippen LogP contribution in [0, 0.1) is 10.1 Å². The third-order valence-corrected chi connectivity index (χ3v) is 3.20. The molecule has 2 heterocycles. The number of nitrogens with zero attached hydrogens (tertiary/aromatic N) is 4. The fraction of sp³-hybridized carbons (Fsp3) is 0.0625. The molecular weight excluding hydrogens is 310 g/mol. The number of hydrogen-bond donors (Lipinski definition) is 1. The van der Waals surface area contributed by atoms with E-state index in [4.69, 9.17) is 4.52 Å². The standard InChI is InChI=1S/C16H13N5O3/c1-2-8-17-12-7-6-11(10-14(12)21(22)23)16-19-15(20-24-16)13-5-3-4-9-18-13/h2-7,9-10,17H,1,8H2. The number of nitro groups is 1. The molecule has 0 radical (unpaired) electrons. The van der Waals surface area contributed by atoms with E-state index in [0.29, 0.717) is 29.3 Å². The number of nitrogens with one attached hydrogen (secondary N) is 1. The van der Waals surface area contributed by atoms with E-state index < -0.39 is 4.92 Å². The molecular formula is C16H13N5O3. The fourth-order valence-corrected chi connectivity index (χ4v) is 2.09. The van der Waals surface area contributed by atoms with E-state index in [-0.39, 0.29) is 11.6 Å². The third-order valence-electron chi connectivity index (χ3n) is 3.20. The maximum absolute atomic E-state index is 11.3. The second-order valence-electron chi connectivity index (χ2n) is 4.80. The van der Waals surface area contributed by atoms with E-state index in [2.05, 4.69) is 27.0 Å². The molecule has 3 rings (SSSR count). The van der Waals surface area contributed by atoms with Gasteiger partial charge in [-0.3, -0.25) is 15.1 Å². The van der Waals surface area contributed by atoms with Gasteiger partial charge in [-0.1, -0.05) is 17.3 Å². The van der Waals surface area contributed by atoms with Gasteiger partial charge in [-0.05, 0) is 24.3 Å². The number of aromatic nitrogens is 3. The summed E-state index contributed by atoms with van der Waals surface area (Å²) in [5.41, 5.74) is 1.34. The molecule has 0 aliphatic carbocycles. The molecule has 0 atom stereocenters. The van der Waals surface area contributed by atoms with E-state index in [9.17, 15) is 10.1 Å². The molecule has 8 heteroatoms. The number of pyridine rings is 1. The summed E-state index contributed by atoms with van der Waals surface area (Å²) in [5.74, 6) is 0.510. The zero-order chi connectivity index (χ0) is 16.9. The summed E-state index contributed by atoms with van der Waals surface area (Å²) in [6.07, 6.45) is 3.24. The minimum absolute atomic E-state index is 0.0769. The van der Waals surface area contributed by atoms with Gasteiger partial charge >= 0.3 is 0 Å². The lowest BCUT2D eigenvalue weighted by Gasteiger charge is -2.05. The topological polar surface area (TPSA) is 107 Å². The summed E-state index contributed by atoms with van der Waals surface area (Å²) in [6.45, 7) is 4.00. The van der Waals surface area contributed by atoms with Gasteiger partial charge in [0, 0.05) is 24.4 Å². The monoisotopic (exact) mass is 323 g/mol. The highest BCUT2D eigenvalue weighted by molar-refractivity contribution is 5.70. The summed E-state index contributed by atoms with van der Waals surface area (Å²) >= 11 is 0. The van der Waals surface area contributed by atoms with Gasteiger partial charge in [0.2, 0.25) is 5.82 Å². The number of hydrogen-bond acceptors (Lipinski definition) is 7. The van der Waals surface area contributed by atoms with Crippen molar-refractivity contribution in [2.45, 2.75) is 0 Å². The quantitative estimate of drug-likeness (QED) is 0.421. The Balaban J connectivity index is 1.95. The first-order valence-corrected chi connectivity index (χ1v) is 7.07. The first-order valence-electron chi connectivity index (χ1n) is 7.07. The molecule has 3 aromatic rings. The molecule has 1 aromatic carbocycles. The lowest BCUT2D eigenvalue weighted by molar-refractivity contribution is -0.383. The second-order valence-corrected chi connectivity index (χ2v) is 4.80. The number of rotatable bonds is 6. The number of benzene rings is 1. The van der Waals surface area contributed by atoms with Crippen LogP contribution >= 0.6 is 0 Å². The zero-order valence-electron chi connectivity index (χ0n) is 12.5. The van der Waals surface area contributed by atoms with Crippen molar-refractivity contribution in [1.82, 2.24) is 15.1 Å². The summed E-state index contributed by atoms with van der Waals surface area (Å²) in [4.78, 5) is 19.2. The van der Waals surface area contributed by atoms with E-state index >= 15 is 0 Å². The summed E-state index contributed by atoms with van der Waals surface area (Å²) in [5, 5.41) is 18.0. The van der Waals surface area contributed by atoms with Gasteiger partial charge in [0.25, 0.3) is 11.6 Å². The molecule has 0 bridgehead atoms. The highest BCUT2D eigenvalue weighted by Crippen LogP contribution is 2.30. The van der Waals surface area contributed by atoms with E-state index in [0.717, 1.165) is 0 Å². The first-order chi connectivity index (χ1) is 11.7. The Kier molecular flexibility index (Phi) is 4.28. The Labute approximate surface area is 137 Å². The van der Waals surface area contributed by atoms with Crippen molar-refractivity contribution in [1.29, 1.82) is 0 Å². The van der Waals surface area contributed by atoms with Crippen LogP contribution in [-0.2, 0) is 0 Å². The van der Waals surface area contributed by atoms with Crippen LogP contribution in [0.3, 0.4) is 0 Å². The number of anilines is 1. The molecule has 1 N–H and O–H groups in total. The largest absolute Gasteiger partial charge is 0.376 e. The Morgan fingerprint density at radius 1 is 1.33 bits per heavy atom. The van der Waals surface area contributed by atoms with Gasteiger partial charge in [0.15, 0.2) is 0 Å². The second kappa shape index (κ2) is 6.69. The molecule has 0 aliphatic heterocycles. The molecule has 24 heavy (non-hydrogen) atoms. The van der Waals surface area contributed by atoms with Crippen molar-refractivity contribution >= 4 is 11.4 Å². The van der Waals surface area contributed by atoms with Crippen LogP contribution in [0.25, 0.3) is 23.0 Å². The molecule has 0 saturated heterocycles. The molecule has 8 nitrogen and oxygen atoms in total. The van der Waals surface area contributed by atoms with Crippen molar-refractivity contribution in [2.24, 2.45) is 0 Å². The molecule has 0 saturated carbocycles. The molecule has 2 aromatic heterocycles. The normalized spacial score (nSPS) is 10.3. The van der Waals surface area contributed by atoms with Gasteiger partial charge in [-0.2, -0.15) is 4.98 Å². The minimum atomic E-state index is -0.467. The van der Waals surface area contributed by atoms with Gasteiger partial charge < -0.3 is 9.84 Å². The van der Waals surface area contributed by atoms with Crippen molar-refractivity contribution in [2.75, 3.05) is 11.9 Å². The van der Waals surface area contributed by atoms with Crippen molar-refractivity contribution in [3.05, 3.63) is 65.4 Å². The summed E-state index contributed by atoms with van der Waals surface area (Å²) < 4.78 is 5.20. The van der Waals surface area contributed by atoms with Crippen molar-refractivity contribution < 1.29 is 9.45 Å². The highest BCUT2D eigenvalue weighted by Gasteiger charge is 2.18. The molecule has 0 aliphatic rings. The predicted molar refractivity (Wildman–Crippen MR) is 88.3 cm³/mol. The maximum Gasteiger partial charge on any atom is 0.293 e. The average Bonchev–Trinajstić information content (AvgIpc) is 3.10. The van der Waals surface area contributed by atoms with Gasteiger partial charge in [0.05, 0.1) is 4.92 Å². The van der Waals surface area contributed by atoms with Crippen LogP contribution < -0.4 is 5.32 Å². The fourth-order valence-electron chi connectivity index (χ4n) is 2.09. The minimum Gasteiger partial charge on any atom is -0.376 e. The Hall–Kier alpha value is -3.55. The summed E-state index contributed by atoms with van der Waals surface area (Å²) in [6, 6.07) is 10.0. The summed E-state index contributed by atoms with van der Waals surface area (Å²) in [7, 11) is 0. The van der Waals surface area contributed by atoms with Crippen LogP contribution in [0.1, 0.15) is 0 Å². The van der Waals surface area contributed by atoms with Crippen LogP contribution in [0.15, 0.2) is 59.8 Å². The molecule has 0 spiro atoms. The van der Waals surface area contributed by atoms with Crippen molar-refractivity contribution in [3.63, 3.8) is 0 Å². The van der Waals surface area contributed by atoms with Crippen LogP contribution in [0.4, 0.5) is 11.4 Å². The lowest BCUT2D eigenvalue weighted by atomic mass is 10.1.